The number of benzene rings is 1. The number of hydrogen-bond acceptors (Lipinski definition) is 2. The van der Waals surface area contributed by atoms with Gasteiger partial charge < -0.3 is 10.1 Å². The Balaban J connectivity index is 2.88. The highest BCUT2D eigenvalue weighted by Gasteiger charge is 2.24. The molecule has 102 valence electrons. The zero-order chi connectivity index (χ0) is 13.7. The second-order valence-corrected chi connectivity index (χ2v) is 5.16. The predicted molar refractivity (Wildman–Crippen MR) is 73.6 cm³/mol. The van der Waals surface area contributed by atoms with E-state index in [1.807, 2.05) is 7.05 Å². The van der Waals surface area contributed by atoms with Crippen molar-refractivity contribution >= 4 is 11.6 Å². The summed E-state index contributed by atoms with van der Waals surface area (Å²) in [5, 5.41) is 3.36. The summed E-state index contributed by atoms with van der Waals surface area (Å²) in [6.07, 6.45) is 0.591. The van der Waals surface area contributed by atoms with Gasteiger partial charge in [0.1, 0.15) is 5.82 Å². The molecule has 0 heterocycles. The van der Waals surface area contributed by atoms with E-state index in [0.29, 0.717) is 17.9 Å². The molecule has 1 rings (SSSR count). The van der Waals surface area contributed by atoms with Gasteiger partial charge in [0.2, 0.25) is 0 Å². The first kappa shape index (κ1) is 15.4. The topological polar surface area (TPSA) is 21.3 Å². The number of hydrogen-bond donors (Lipinski definition) is 1. The second kappa shape index (κ2) is 7.07. The number of nitrogens with one attached hydrogen (secondary N) is 1. The van der Waals surface area contributed by atoms with Crippen molar-refractivity contribution in [2.45, 2.75) is 32.4 Å². The predicted octanol–water partition coefficient (Wildman–Crippen LogP) is 3.28. The lowest BCUT2D eigenvalue weighted by atomic mass is 9.94. The summed E-state index contributed by atoms with van der Waals surface area (Å²) in [5.41, 5.74) is 0.615. The normalized spacial score (nSPS) is 14.8. The fourth-order valence-electron chi connectivity index (χ4n) is 2.23. The summed E-state index contributed by atoms with van der Waals surface area (Å²) in [6, 6.07) is 5.15. The number of likely N-dealkylation sites (N-methyl/N-ethyl adjacent to an activating group) is 1. The Morgan fingerprint density at radius 3 is 2.56 bits per heavy atom. The smallest absolute Gasteiger partial charge is 0.145 e. The molecule has 18 heavy (non-hydrogen) atoms. The molecule has 2 unspecified atom stereocenters. The molecule has 1 aromatic rings. The molecular formula is C14H21ClFNO. The first-order chi connectivity index (χ1) is 8.51. The van der Waals surface area contributed by atoms with E-state index in [2.05, 4.69) is 19.2 Å². The highest BCUT2D eigenvalue weighted by Crippen LogP contribution is 2.21. The van der Waals surface area contributed by atoms with Crippen LogP contribution in [0.2, 0.25) is 5.02 Å². The average Bonchev–Trinajstić information content (AvgIpc) is 2.33. The van der Waals surface area contributed by atoms with E-state index in [-0.39, 0.29) is 23.0 Å². The molecule has 0 aliphatic rings. The van der Waals surface area contributed by atoms with Crippen LogP contribution < -0.4 is 5.32 Å². The van der Waals surface area contributed by atoms with E-state index in [1.54, 1.807) is 25.3 Å². The maximum Gasteiger partial charge on any atom is 0.145 e. The van der Waals surface area contributed by atoms with Crippen LogP contribution >= 0.6 is 11.6 Å². The molecular weight excluding hydrogens is 253 g/mol. The highest BCUT2D eigenvalue weighted by atomic mass is 35.5. The van der Waals surface area contributed by atoms with Crippen molar-refractivity contribution in [2.24, 2.45) is 5.92 Å². The highest BCUT2D eigenvalue weighted by molar-refractivity contribution is 6.30. The molecule has 1 N–H and O–H groups in total. The lowest BCUT2D eigenvalue weighted by Gasteiger charge is -2.29. The summed E-state index contributed by atoms with van der Waals surface area (Å²) in [4.78, 5) is 0. The molecule has 0 saturated heterocycles. The molecule has 0 bridgehead atoms. The monoisotopic (exact) mass is 273 g/mol. The molecule has 0 amide bonds. The molecule has 0 spiro atoms. The van der Waals surface area contributed by atoms with Crippen LogP contribution in [0.3, 0.4) is 0 Å². The molecule has 2 atom stereocenters. The van der Waals surface area contributed by atoms with Crippen LogP contribution in [0.25, 0.3) is 0 Å². The lowest BCUT2D eigenvalue weighted by molar-refractivity contribution is 0.0352. The van der Waals surface area contributed by atoms with Gasteiger partial charge in [-0.3, -0.25) is 0 Å². The Labute approximate surface area is 113 Å². The van der Waals surface area contributed by atoms with Gasteiger partial charge in [-0.05, 0) is 31.0 Å². The average molecular weight is 274 g/mol. The molecule has 0 aliphatic heterocycles. The third-order valence-corrected chi connectivity index (χ3v) is 3.46. The van der Waals surface area contributed by atoms with Gasteiger partial charge in [0.05, 0.1) is 11.1 Å². The number of methoxy groups -OCH3 is 1. The summed E-state index contributed by atoms with van der Waals surface area (Å²) < 4.78 is 19.4. The van der Waals surface area contributed by atoms with E-state index in [4.69, 9.17) is 16.3 Å². The van der Waals surface area contributed by atoms with E-state index in [9.17, 15) is 4.39 Å². The van der Waals surface area contributed by atoms with Crippen molar-refractivity contribution in [1.82, 2.24) is 5.32 Å². The molecule has 4 heteroatoms. The number of halogens is 2. The number of ether oxygens (including phenoxy) is 1. The Bertz CT molecular complexity index is 384. The number of rotatable bonds is 6. The second-order valence-electron chi connectivity index (χ2n) is 4.76. The van der Waals surface area contributed by atoms with Gasteiger partial charge in [-0.2, -0.15) is 0 Å². The van der Waals surface area contributed by atoms with Gasteiger partial charge >= 0.3 is 0 Å². The Hall–Kier alpha value is -0.640. The van der Waals surface area contributed by atoms with Crippen LogP contribution in [0.5, 0.6) is 0 Å². The van der Waals surface area contributed by atoms with Crippen LogP contribution in [0.4, 0.5) is 4.39 Å². The van der Waals surface area contributed by atoms with Gasteiger partial charge in [0, 0.05) is 13.2 Å². The molecule has 0 fully saturated rings. The van der Waals surface area contributed by atoms with Gasteiger partial charge in [0.15, 0.2) is 0 Å². The van der Waals surface area contributed by atoms with Crippen LogP contribution in [0, 0.1) is 11.7 Å². The Morgan fingerprint density at radius 2 is 2.06 bits per heavy atom. The van der Waals surface area contributed by atoms with Crippen LogP contribution in [0.1, 0.15) is 19.4 Å². The van der Waals surface area contributed by atoms with E-state index in [0.717, 1.165) is 0 Å². The fraction of sp³-hybridized carbons (Fsp3) is 0.571. The SMILES string of the molecule is CNC(Cc1cccc(Cl)c1F)C(OC)C(C)C. The van der Waals surface area contributed by atoms with Crippen molar-refractivity contribution in [1.29, 1.82) is 0 Å². The minimum Gasteiger partial charge on any atom is -0.380 e. The third-order valence-electron chi connectivity index (χ3n) is 3.17. The first-order valence-corrected chi connectivity index (χ1v) is 6.52. The quantitative estimate of drug-likeness (QED) is 0.859. The molecule has 0 radical (unpaired) electrons. The Morgan fingerprint density at radius 1 is 1.39 bits per heavy atom. The lowest BCUT2D eigenvalue weighted by Crippen LogP contribution is -2.43. The van der Waals surface area contributed by atoms with Gasteiger partial charge in [-0.1, -0.05) is 37.6 Å². The molecule has 0 saturated carbocycles. The van der Waals surface area contributed by atoms with Gasteiger partial charge in [-0.25, -0.2) is 4.39 Å². The third kappa shape index (κ3) is 3.67. The van der Waals surface area contributed by atoms with Crippen molar-refractivity contribution in [3.05, 3.63) is 34.6 Å². The molecule has 0 aromatic heterocycles. The van der Waals surface area contributed by atoms with Crippen molar-refractivity contribution in [3.8, 4) is 0 Å². The Kier molecular flexibility index (Phi) is 6.06. The maximum atomic E-state index is 13.9. The van der Waals surface area contributed by atoms with E-state index >= 15 is 0 Å². The summed E-state index contributed by atoms with van der Waals surface area (Å²) in [6.45, 7) is 4.18. The summed E-state index contributed by atoms with van der Waals surface area (Å²) in [5.74, 6) is 0.0210. The van der Waals surface area contributed by atoms with Crippen molar-refractivity contribution < 1.29 is 9.13 Å². The molecule has 0 aliphatic carbocycles. The van der Waals surface area contributed by atoms with Crippen molar-refractivity contribution in [3.63, 3.8) is 0 Å². The van der Waals surface area contributed by atoms with Crippen molar-refractivity contribution in [2.75, 3.05) is 14.2 Å². The van der Waals surface area contributed by atoms with Gasteiger partial charge in [-0.15, -0.1) is 0 Å². The minimum absolute atomic E-state index is 0.0355. The molecule has 2 nitrogen and oxygen atoms in total. The zero-order valence-electron chi connectivity index (χ0n) is 11.3. The minimum atomic E-state index is -0.335. The fourth-order valence-corrected chi connectivity index (χ4v) is 2.42. The van der Waals surface area contributed by atoms with Crippen LogP contribution in [0.15, 0.2) is 18.2 Å². The molecule has 1 aromatic carbocycles. The van der Waals surface area contributed by atoms with E-state index < -0.39 is 0 Å². The van der Waals surface area contributed by atoms with Crippen LogP contribution in [-0.4, -0.2) is 26.3 Å². The summed E-state index contributed by atoms with van der Waals surface area (Å²) in [7, 11) is 3.55. The summed E-state index contributed by atoms with van der Waals surface area (Å²) >= 11 is 5.79. The first-order valence-electron chi connectivity index (χ1n) is 6.14. The maximum absolute atomic E-state index is 13.9. The largest absolute Gasteiger partial charge is 0.380 e. The van der Waals surface area contributed by atoms with Crippen LogP contribution in [-0.2, 0) is 11.2 Å². The zero-order valence-corrected chi connectivity index (χ0v) is 12.1. The standard InChI is InChI=1S/C14H21ClFNO/c1-9(2)14(18-4)12(17-3)8-10-6-5-7-11(15)13(10)16/h5-7,9,12,14,17H,8H2,1-4H3. The van der Waals surface area contributed by atoms with Gasteiger partial charge in [0.25, 0.3) is 0 Å². The van der Waals surface area contributed by atoms with E-state index in [1.165, 1.54) is 0 Å².